The van der Waals surface area contributed by atoms with Crippen molar-refractivity contribution in [2.75, 3.05) is 23.8 Å². The quantitative estimate of drug-likeness (QED) is 0.919. The highest BCUT2D eigenvalue weighted by Crippen LogP contribution is 2.28. The molecule has 0 spiro atoms. The molecule has 3 heterocycles. The monoisotopic (exact) mass is 313 g/mol. The third-order valence-electron chi connectivity index (χ3n) is 3.33. The Hall–Kier alpha value is -0.170. The van der Waals surface area contributed by atoms with E-state index in [1.54, 1.807) is 11.3 Å². The van der Waals surface area contributed by atoms with E-state index in [4.69, 9.17) is 4.98 Å². The number of rotatable bonds is 5. The normalized spacial score (nSPS) is 21.8. The number of nitrogens with one attached hydrogen (secondary N) is 1. The second-order valence-corrected chi connectivity index (χ2v) is 8.05. The topological polar surface area (TPSA) is 29.3 Å². The summed E-state index contributed by atoms with van der Waals surface area (Å²) in [6.07, 6.45) is 5.31. The third-order valence-corrected chi connectivity index (χ3v) is 7.02. The minimum absolute atomic E-state index is 0.549. The SMILES string of the molecule is CCNC(Cc1cn2ccsc2n1)C1CSCCS1. The maximum Gasteiger partial charge on any atom is 0.193 e. The van der Waals surface area contributed by atoms with Gasteiger partial charge in [-0.2, -0.15) is 23.5 Å². The van der Waals surface area contributed by atoms with Crippen molar-refractivity contribution in [3.8, 4) is 0 Å². The summed E-state index contributed by atoms with van der Waals surface area (Å²) in [4.78, 5) is 5.82. The molecular weight excluding hydrogens is 294 g/mol. The van der Waals surface area contributed by atoms with Gasteiger partial charge in [-0.1, -0.05) is 6.92 Å². The summed E-state index contributed by atoms with van der Waals surface area (Å²) < 4.78 is 2.13. The van der Waals surface area contributed by atoms with E-state index in [2.05, 4.69) is 57.9 Å². The molecule has 19 heavy (non-hydrogen) atoms. The number of nitrogens with zero attached hydrogens (tertiary/aromatic N) is 2. The number of thiazole rings is 1. The first-order valence-electron chi connectivity index (χ1n) is 6.70. The van der Waals surface area contributed by atoms with Gasteiger partial charge in [0.1, 0.15) is 0 Å². The Balaban J connectivity index is 1.70. The predicted molar refractivity (Wildman–Crippen MR) is 87.8 cm³/mol. The lowest BCUT2D eigenvalue weighted by Gasteiger charge is -2.29. The molecule has 0 saturated carbocycles. The van der Waals surface area contributed by atoms with Gasteiger partial charge in [-0.3, -0.25) is 4.40 Å². The van der Waals surface area contributed by atoms with Crippen molar-refractivity contribution >= 4 is 39.8 Å². The van der Waals surface area contributed by atoms with Gasteiger partial charge in [0.25, 0.3) is 0 Å². The summed E-state index contributed by atoms with van der Waals surface area (Å²) in [5, 5.41) is 6.46. The molecule has 0 radical (unpaired) electrons. The van der Waals surface area contributed by atoms with E-state index in [9.17, 15) is 0 Å². The number of likely N-dealkylation sites (N-methyl/N-ethyl adjacent to an activating group) is 1. The maximum absolute atomic E-state index is 4.72. The Bertz CT molecular complexity index is 487. The third kappa shape index (κ3) is 3.29. The number of hydrogen-bond donors (Lipinski definition) is 1. The van der Waals surface area contributed by atoms with Gasteiger partial charge in [-0.15, -0.1) is 11.3 Å². The number of hydrogen-bond acceptors (Lipinski definition) is 5. The summed E-state index contributed by atoms with van der Waals surface area (Å²) in [7, 11) is 0. The molecule has 6 heteroatoms. The first kappa shape index (κ1) is 13.8. The lowest BCUT2D eigenvalue weighted by Crippen LogP contribution is -2.42. The lowest BCUT2D eigenvalue weighted by atomic mass is 10.1. The van der Waals surface area contributed by atoms with Crippen molar-refractivity contribution in [3.05, 3.63) is 23.5 Å². The lowest BCUT2D eigenvalue weighted by molar-refractivity contribution is 0.518. The summed E-state index contributed by atoms with van der Waals surface area (Å²) in [5.74, 6) is 3.86. The number of fused-ring (bicyclic) bond motifs is 1. The average molecular weight is 314 g/mol. The predicted octanol–water partition coefficient (Wildman–Crippen LogP) is 2.77. The van der Waals surface area contributed by atoms with Crippen molar-refractivity contribution in [2.24, 2.45) is 0 Å². The molecular formula is C13H19N3S3. The van der Waals surface area contributed by atoms with Crippen LogP contribution in [0.2, 0.25) is 0 Å². The first-order valence-corrected chi connectivity index (χ1v) is 9.79. The number of thioether (sulfide) groups is 2. The summed E-state index contributed by atoms with van der Waals surface area (Å²) >= 11 is 5.92. The van der Waals surface area contributed by atoms with Crippen LogP contribution in [-0.2, 0) is 6.42 Å². The van der Waals surface area contributed by atoms with Crippen molar-refractivity contribution < 1.29 is 0 Å². The van der Waals surface area contributed by atoms with E-state index in [-0.39, 0.29) is 0 Å². The maximum atomic E-state index is 4.72. The van der Waals surface area contributed by atoms with Crippen molar-refractivity contribution in [2.45, 2.75) is 24.6 Å². The van der Waals surface area contributed by atoms with Crippen LogP contribution in [0.1, 0.15) is 12.6 Å². The van der Waals surface area contributed by atoms with Gasteiger partial charge < -0.3 is 5.32 Å². The van der Waals surface area contributed by atoms with Gasteiger partial charge in [-0.25, -0.2) is 4.98 Å². The van der Waals surface area contributed by atoms with Crippen LogP contribution in [0.15, 0.2) is 17.8 Å². The highest BCUT2D eigenvalue weighted by atomic mass is 32.2. The van der Waals surface area contributed by atoms with Crippen molar-refractivity contribution in [1.82, 2.24) is 14.7 Å². The Labute approximate surface area is 126 Å². The zero-order valence-electron chi connectivity index (χ0n) is 11.0. The van der Waals surface area contributed by atoms with Crippen LogP contribution in [-0.4, -0.2) is 44.5 Å². The van der Waals surface area contributed by atoms with Gasteiger partial charge in [0.05, 0.1) is 5.69 Å². The molecule has 1 saturated heterocycles. The molecule has 1 fully saturated rings. The fourth-order valence-electron chi connectivity index (χ4n) is 2.44. The molecule has 3 nitrogen and oxygen atoms in total. The average Bonchev–Trinajstić information content (AvgIpc) is 3.00. The smallest absolute Gasteiger partial charge is 0.193 e. The highest BCUT2D eigenvalue weighted by molar-refractivity contribution is 8.06. The Morgan fingerprint density at radius 1 is 1.53 bits per heavy atom. The Kier molecular flexibility index (Phi) is 4.73. The van der Waals surface area contributed by atoms with Gasteiger partial charge in [0.2, 0.25) is 0 Å². The molecule has 3 rings (SSSR count). The molecule has 0 aliphatic carbocycles. The van der Waals surface area contributed by atoms with Crippen LogP contribution in [0, 0.1) is 0 Å². The van der Waals surface area contributed by atoms with Crippen LogP contribution in [0.5, 0.6) is 0 Å². The molecule has 0 aromatic carbocycles. The molecule has 104 valence electrons. The van der Waals surface area contributed by atoms with E-state index >= 15 is 0 Å². The fourth-order valence-corrected chi connectivity index (χ4v) is 6.04. The minimum Gasteiger partial charge on any atom is -0.313 e. The highest BCUT2D eigenvalue weighted by Gasteiger charge is 2.24. The molecule has 0 bridgehead atoms. The molecule has 2 atom stereocenters. The van der Waals surface area contributed by atoms with Crippen LogP contribution in [0.3, 0.4) is 0 Å². The van der Waals surface area contributed by atoms with Gasteiger partial charge in [0.15, 0.2) is 4.96 Å². The standard InChI is InChI=1S/C13H19N3S3/c1-2-14-11(12-9-17-5-6-18-12)7-10-8-16-3-4-19-13(16)15-10/h3-4,8,11-12,14H,2,5-7,9H2,1H3. The second kappa shape index (κ2) is 6.52. The first-order chi connectivity index (χ1) is 9.36. The van der Waals surface area contributed by atoms with E-state index in [1.165, 1.54) is 23.0 Å². The Morgan fingerprint density at radius 3 is 3.21 bits per heavy atom. The van der Waals surface area contributed by atoms with E-state index in [0.29, 0.717) is 6.04 Å². The number of imidazole rings is 1. The van der Waals surface area contributed by atoms with E-state index < -0.39 is 0 Å². The largest absolute Gasteiger partial charge is 0.313 e. The van der Waals surface area contributed by atoms with Crippen LogP contribution >= 0.6 is 34.9 Å². The Morgan fingerprint density at radius 2 is 2.47 bits per heavy atom. The van der Waals surface area contributed by atoms with Gasteiger partial charge in [-0.05, 0) is 6.54 Å². The van der Waals surface area contributed by atoms with Crippen molar-refractivity contribution in [1.29, 1.82) is 0 Å². The van der Waals surface area contributed by atoms with Crippen LogP contribution < -0.4 is 5.32 Å². The summed E-state index contributed by atoms with van der Waals surface area (Å²) in [6.45, 7) is 3.23. The number of aromatic nitrogens is 2. The van der Waals surface area contributed by atoms with Gasteiger partial charge in [0, 0.05) is 52.7 Å². The molecule has 2 aromatic rings. The molecule has 1 aliphatic heterocycles. The molecule has 2 unspecified atom stereocenters. The van der Waals surface area contributed by atoms with Crippen LogP contribution in [0.25, 0.3) is 4.96 Å². The van der Waals surface area contributed by atoms with Crippen molar-refractivity contribution in [3.63, 3.8) is 0 Å². The summed E-state index contributed by atoms with van der Waals surface area (Å²) in [6, 6.07) is 0.549. The van der Waals surface area contributed by atoms with Crippen LogP contribution in [0.4, 0.5) is 0 Å². The van der Waals surface area contributed by atoms with E-state index in [1.807, 2.05) is 0 Å². The molecule has 1 aliphatic rings. The summed E-state index contributed by atoms with van der Waals surface area (Å²) in [5.41, 5.74) is 1.22. The van der Waals surface area contributed by atoms with E-state index in [0.717, 1.165) is 23.2 Å². The second-order valence-electron chi connectivity index (χ2n) is 4.68. The van der Waals surface area contributed by atoms with Gasteiger partial charge >= 0.3 is 0 Å². The molecule has 2 aromatic heterocycles. The molecule has 1 N–H and O–H groups in total. The minimum atomic E-state index is 0.549. The molecule has 0 amide bonds. The fraction of sp³-hybridized carbons (Fsp3) is 0.615. The zero-order valence-corrected chi connectivity index (χ0v) is 13.5. The zero-order chi connectivity index (χ0) is 13.1.